The van der Waals surface area contributed by atoms with Crippen LogP contribution in [-0.4, -0.2) is 24.0 Å². The number of hydrogen-bond donors (Lipinski definition) is 1. The summed E-state index contributed by atoms with van der Waals surface area (Å²) in [6.07, 6.45) is 2.75. The smallest absolute Gasteiger partial charge is 0.322 e. The Morgan fingerprint density at radius 3 is 2.14 bits per heavy atom. The molecular formula is C23H28F2N2O. The number of rotatable bonds is 3. The van der Waals surface area contributed by atoms with Crippen molar-refractivity contribution in [3.8, 4) is 0 Å². The molecule has 0 aromatic heterocycles. The Bertz CT molecular complexity index is 799. The van der Waals surface area contributed by atoms with Gasteiger partial charge < -0.3 is 10.2 Å². The number of hydrogen-bond acceptors (Lipinski definition) is 1. The predicted octanol–water partition coefficient (Wildman–Crippen LogP) is 5.75. The minimum Gasteiger partial charge on any atom is -0.325 e. The monoisotopic (exact) mass is 386 g/mol. The van der Waals surface area contributed by atoms with Gasteiger partial charge in [-0.15, -0.1) is 0 Å². The highest BCUT2D eigenvalue weighted by Gasteiger charge is 2.24. The maximum atomic E-state index is 13.7. The lowest BCUT2D eigenvalue weighted by molar-refractivity contribution is 0.182. The number of halogens is 2. The highest BCUT2D eigenvalue weighted by atomic mass is 19.1. The van der Waals surface area contributed by atoms with Gasteiger partial charge in [0.25, 0.3) is 0 Å². The number of likely N-dealkylation sites (tertiary alicyclic amines) is 1. The maximum Gasteiger partial charge on any atom is 0.322 e. The van der Waals surface area contributed by atoms with Gasteiger partial charge in [-0.05, 0) is 53.9 Å². The molecule has 2 amide bonds. The molecule has 2 aromatic carbocycles. The van der Waals surface area contributed by atoms with Crippen LogP contribution >= 0.6 is 0 Å². The number of urea groups is 1. The van der Waals surface area contributed by atoms with Crippen molar-refractivity contribution in [1.29, 1.82) is 0 Å². The second-order valence-corrected chi connectivity index (χ2v) is 8.61. The third-order valence-corrected chi connectivity index (χ3v) is 5.44. The zero-order valence-electron chi connectivity index (χ0n) is 16.8. The molecule has 1 heterocycles. The zero-order valence-corrected chi connectivity index (χ0v) is 16.8. The van der Waals surface area contributed by atoms with Gasteiger partial charge in [-0.2, -0.15) is 0 Å². The van der Waals surface area contributed by atoms with Crippen molar-refractivity contribution >= 4 is 11.7 Å². The van der Waals surface area contributed by atoms with Gasteiger partial charge in [0.15, 0.2) is 0 Å². The molecule has 0 aliphatic carbocycles. The molecule has 1 saturated heterocycles. The highest BCUT2D eigenvalue weighted by Crippen LogP contribution is 2.26. The van der Waals surface area contributed by atoms with Crippen molar-refractivity contribution in [3.05, 3.63) is 65.2 Å². The summed E-state index contributed by atoms with van der Waals surface area (Å²) in [5.41, 5.74) is 2.40. The van der Waals surface area contributed by atoms with Crippen LogP contribution in [0.4, 0.5) is 19.3 Å². The molecule has 1 N–H and O–H groups in total. The van der Waals surface area contributed by atoms with E-state index < -0.39 is 17.7 Å². The first-order valence-corrected chi connectivity index (χ1v) is 9.83. The summed E-state index contributed by atoms with van der Waals surface area (Å²) in [7, 11) is 0. The van der Waals surface area contributed by atoms with E-state index in [2.05, 4.69) is 50.4 Å². The van der Waals surface area contributed by atoms with Crippen molar-refractivity contribution in [2.75, 3.05) is 18.4 Å². The van der Waals surface area contributed by atoms with Gasteiger partial charge in [0.05, 0.1) is 0 Å². The molecule has 0 spiro atoms. The Balaban J connectivity index is 1.52. The summed E-state index contributed by atoms with van der Waals surface area (Å²) < 4.78 is 27.4. The molecule has 0 atom stereocenters. The van der Waals surface area contributed by atoms with E-state index in [0.29, 0.717) is 19.0 Å². The summed E-state index contributed by atoms with van der Waals surface area (Å²) in [6.45, 7) is 7.79. The van der Waals surface area contributed by atoms with Gasteiger partial charge in [-0.25, -0.2) is 13.6 Å². The summed E-state index contributed by atoms with van der Waals surface area (Å²) in [4.78, 5) is 14.0. The van der Waals surface area contributed by atoms with Gasteiger partial charge >= 0.3 is 6.03 Å². The standard InChI is InChI=1S/C23H28F2N2O/c1-23(2,3)18-9-7-16(8-10-18)15-17-11-13-27(14-12-17)22(28)26-21-19(24)5-4-6-20(21)25/h4-10,17H,11-15H2,1-3H3,(H,26,28). The normalized spacial score (nSPS) is 15.5. The zero-order chi connectivity index (χ0) is 20.3. The number of nitrogens with zero attached hydrogens (tertiary/aromatic N) is 1. The third kappa shape index (κ3) is 4.89. The fourth-order valence-electron chi connectivity index (χ4n) is 3.62. The Hall–Kier alpha value is -2.43. The molecule has 1 aliphatic heterocycles. The molecule has 3 rings (SSSR count). The quantitative estimate of drug-likeness (QED) is 0.716. The first-order valence-electron chi connectivity index (χ1n) is 9.83. The van der Waals surface area contributed by atoms with E-state index in [0.717, 1.165) is 31.4 Å². The fourth-order valence-corrected chi connectivity index (χ4v) is 3.62. The maximum absolute atomic E-state index is 13.7. The number of carbonyl (C=O) groups excluding carboxylic acids is 1. The molecule has 1 fully saturated rings. The van der Waals surface area contributed by atoms with E-state index in [1.54, 1.807) is 4.90 Å². The highest BCUT2D eigenvalue weighted by molar-refractivity contribution is 5.89. The second kappa shape index (κ2) is 8.29. The Kier molecular flexibility index (Phi) is 6.01. The van der Waals surface area contributed by atoms with Crippen molar-refractivity contribution in [3.63, 3.8) is 0 Å². The number of nitrogens with one attached hydrogen (secondary N) is 1. The molecule has 0 radical (unpaired) electrons. The first-order chi connectivity index (χ1) is 13.2. The number of anilines is 1. The number of para-hydroxylation sites is 1. The average molecular weight is 386 g/mol. The molecular weight excluding hydrogens is 358 g/mol. The predicted molar refractivity (Wildman–Crippen MR) is 109 cm³/mol. The minimum atomic E-state index is -0.762. The summed E-state index contributed by atoms with van der Waals surface area (Å²) in [5, 5.41) is 2.37. The lowest BCUT2D eigenvalue weighted by Crippen LogP contribution is -2.41. The topological polar surface area (TPSA) is 32.3 Å². The van der Waals surface area contributed by atoms with Gasteiger partial charge in [-0.1, -0.05) is 51.1 Å². The van der Waals surface area contributed by atoms with Crippen LogP contribution in [0.15, 0.2) is 42.5 Å². The van der Waals surface area contributed by atoms with Crippen molar-refractivity contribution in [1.82, 2.24) is 4.90 Å². The second-order valence-electron chi connectivity index (χ2n) is 8.61. The van der Waals surface area contributed by atoms with Gasteiger partial charge in [0.1, 0.15) is 17.3 Å². The lowest BCUT2D eigenvalue weighted by Gasteiger charge is -2.32. The molecule has 2 aromatic rings. The molecule has 150 valence electrons. The molecule has 3 nitrogen and oxygen atoms in total. The van der Waals surface area contributed by atoms with Crippen LogP contribution in [0.1, 0.15) is 44.7 Å². The third-order valence-electron chi connectivity index (χ3n) is 5.44. The molecule has 28 heavy (non-hydrogen) atoms. The number of amides is 2. The molecule has 5 heteroatoms. The Labute approximate surface area is 165 Å². The number of benzene rings is 2. The fraction of sp³-hybridized carbons (Fsp3) is 0.435. The number of piperidine rings is 1. The molecule has 0 bridgehead atoms. The average Bonchev–Trinajstić information content (AvgIpc) is 2.65. The van der Waals surface area contributed by atoms with Gasteiger partial charge in [0.2, 0.25) is 0 Å². The van der Waals surface area contributed by atoms with E-state index in [1.807, 2.05) is 0 Å². The Morgan fingerprint density at radius 2 is 1.61 bits per heavy atom. The number of carbonyl (C=O) groups is 1. The van der Waals surface area contributed by atoms with E-state index in [-0.39, 0.29) is 11.1 Å². The van der Waals surface area contributed by atoms with Crippen LogP contribution in [0, 0.1) is 17.6 Å². The van der Waals surface area contributed by atoms with Crippen LogP contribution in [-0.2, 0) is 11.8 Å². The summed E-state index contributed by atoms with van der Waals surface area (Å²) in [6, 6.07) is 11.9. The molecule has 0 saturated carbocycles. The molecule has 1 aliphatic rings. The van der Waals surface area contributed by atoms with E-state index in [1.165, 1.54) is 17.2 Å². The Morgan fingerprint density at radius 1 is 1.04 bits per heavy atom. The molecule has 0 unspecified atom stereocenters. The van der Waals surface area contributed by atoms with Crippen molar-refractivity contribution in [2.45, 2.75) is 45.4 Å². The van der Waals surface area contributed by atoms with Crippen molar-refractivity contribution in [2.24, 2.45) is 5.92 Å². The van der Waals surface area contributed by atoms with Crippen LogP contribution in [0.25, 0.3) is 0 Å². The van der Waals surface area contributed by atoms with Crippen LogP contribution in [0.2, 0.25) is 0 Å². The largest absolute Gasteiger partial charge is 0.325 e. The van der Waals surface area contributed by atoms with E-state index in [9.17, 15) is 13.6 Å². The van der Waals surface area contributed by atoms with E-state index in [4.69, 9.17) is 0 Å². The lowest BCUT2D eigenvalue weighted by atomic mass is 9.85. The van der Waals surface area contributed by atoms with Crippen LogP contribution in [0.5, 0.6) is 0 Å². The summed E-state index contributed by atoms with van der Waals surface area (Å²) >= 11 is 0. The van der Waals surface area contributed by atoms with Crippen LogP contribution < -0.4 is 5.32 Å². The van der Waals surface area contributed by atoms with Crippen LogP contribution in [0.3, 0.4) is 0 Å². The minimum absolute atomic E-state index is 0.148. The first kappa shape index (κ1) is 20.3. The van der Waals surface area contributed by atoms with Gasteiger partial charge in [-0.3, -0.25) is 0 Å². The van der Waals surface area contributed by atoms with Crippen molar-refractivity contribution < 1.29 is 13.6 Å². The van der Waals surface area contributed by atoms with E-state index >= 15 is 0 Å². The van der Waals surface area contributed by atoms with Gasteiger partial charge in [0, 0.05) is 13.1 Å². The SMILES string of the molecule is CC(C)(C)c1ccc(CC2CCN(C(=O)Nc3c(F)cccc3F)CC2)cc1. The summed E-state index contributed by atoms with van der Waals surface area (Å²) in [5.74, 6) is -1.02.